The second kappa shape index (κ2) is 5.22. The van der Waals surface area contributed by atoms with E-state index in [9.17, 15) is 10.1 Å². The zero-order valence-corrected chi connectivity index (χ0v) is 11.4. The molecule has 0 aliphatic rings. The van der Waals surface area contributed by atoms with Gasteiger partial charge in [-0.2, -0.15) is 5.26 Å². The van der Waals surface area contributed by atoms with Gasteiger partial charge in [-0.3, -0.25) is 4.79 Å². The second-order valence-corrected chi connectivity index (χ2v) is 5.61. The van der Waals surface area contributed by atoms with Crippen LogP contribution in [0.1, 0.15) is 33.3 Å². The molecule has 0 amide bonds. The van der Waals surface area contributed by atoms with Gasteiger partial charge in [0, 0.05) is 6.42 Å². The second-order valence-electron chi connectivity index (χ2n) is 5.61. The summed E-state index contributed by atoms with van der Waals surface area (Å²) in [5.74, 6) is -0.471. The van der Waals surface area contributed by atoms with E-state index >= 15 is 0 Å². The van der Waals surface area contributed by atoms with Crippen molar-refractivity contribution in [1.82, 2.24) is 0 Å². The molecule has 1 atom stereocenters. The molecule has 0 heterocycles. The quantitative estimate of drug-likeness (QED) is 0.769. The zero-order chi connectivity index (χ0) is 13.8. The number of nitrogens with zero attached hydrogens (tertiary/aromatic N) is 1. The minimum Gasteiger partial charge on any atom is -0.459 e. The average molecular weight is 245 g/mol. The molecule has 0 fully saturated rings. The lowest BCUT2D eigenvalue weighted by Crippen LogP contribution is -2.36. The van der Waals surface area contributed by atoms with Gasteiger partial charge in [0.2, 0.25) is 0 Å². The largest absolute Gasteiger partial charge is 0.459 e. The van der Waals surface area contributed by atoms with Gasteiger partial charge >= 0.3 is 5.97 Å². The lowest BCUT2D eigenvalue weighted by atomic mass is 9.85. The third-order valence-electron chi connectivity index (χ3n) is 2.50. The molecule has 0 unspecified atom stereocenters. The predicted octanol–water partition coefficient (Wildman–Crippen LogP) is 3.10. The van der Waals surface area contributed by atoms with Crippen LogP contribution in [-0.2, 0) is 16.0 Å². The van der Waals surface area contributed by atoms with Gasteiger partial charge in [0.1, 0.15) is 5.60 Å². The summed E-state index contributed by atoms with van der Waals surface area (Å²) in [5, 5.41) is 9.26. The van der Waals surface area contributed by atoms with Crippen molar-refractivity contribution in [3.8, 4) is 6.07 Å². The fraction of sp³-hybridized carbons (Fsp3) is 0.467. The molecular weight excluding hydrogens is 226 g/mol. The molecule has 0 saturated carbocycles. The van der Waals surface area contributed by atoms with E-state index in [0.29, 0.717) is 6.42 Å². The predicted molar refractivity (Wildman–Crippen MR) is 69.7 cm³/mol. The topological polar surface area (TPSA) is 50.1 Å². The molecule has 1 rings (SSSR count). The molecule has 1 aromatic carbocycles. The van der Waals surface area contributed by atoms with E-state index in [1.165, 1.54) is 0 Å². The highest BCUT2D eigenvalue weighted by atomic mass is 16.6. The van der Waals surface area contributed by atoms with Crippen LogP contribution in [0.3, 0.4) is 0 Å². The Balaban J connectivity index is 2.87. The van der Waals surface area contributed by atoms with Crippen molar-refractivity contribution in [2.45, 2.75) is 39.7 Å². The van der Waals surface area contributed by atoms with Crippen molar-refractivity contribution in [3.63, 3.8) is 0 Å². The normalized spacial score (nSPS) is 14.4. The first kappa shape index (κ1) is 14.2. The van der Waals surface area contributed by atoms with Crippen molar-refractivity contribution in [2.24, 2.45) is 5.41 Å². The number of nitriles is 1. The summed E-state index contributed by atoms with van der Waals surface area (Å²) >= 11 is 0. The van der Waals surface area contributed by atoms with Crippen LogP contribution in [0.25, 0.3) is 0 Å². The van der Waals surface area contributed by atoms with Crippen LogP contribution in [0.5, 0.6) is 0 Å². The molecule has 1 aromatic rings. The highest BCUT2D eigenvalue weighted by Crippen LogP contribution is 2.26. The van der Waals surface area contributed by atoms with E-state index in [-0.39, 0.29) is 0 Å². The molecule has 0 aromatic heterocycles. The number of rotatable bonds is 3. The van der Waals surface area contributed by atoms with Gasteiger partial charge in [-0.15, -0.1) is 0 Å². The van der Waals surface area contributed by atoms with Gasteiger partial charge < -0.3 is 4.74 Å². The van der Waals surface area contributed by atoms with Gasteiger partial charge in [0.15, 0.2) is 5.41 Å². The molecule has 0 N–H and O–H groups in total. The van der Waals surface area contributed by atoms with Crippen LogP contribution in [0, 0.1) is 16.7 Å². The molecular formula is C15H19NO2. The Morgan fingerprint density at radius 2 is 1.78 bits per heavy atom. The summed E-state index contributed by atoms with van der Waals surface area (Å²) in [6, 6.07) is 11.6. The van der Waals surface area contributed by atoms with Gasteiger partial charge in [0.05, 0.1) is 6.07 Å². The van der Waals surface area contributed by atoms with E-state index in [2.05, 4.69) is 6.07 Å². The SMILES string of the molecule is CC(C)(C)OC(=O)[C@@](C)(C#N)Cc1ccccc1. The monoisotopic (exact) mass is 245 g/mol. The van der Waals surface area contributed by atoms with Gasteiger partial charge in [0.25, 0.3) is 0 Å². The standard InChI is InChI=1S/C15H19NO2/c1-14(2,3)18-13(17)15(4,11-16)10-12-8-6-5-7-9-12/h5-9H,10H2,1-4H3/t15-/m1/s1. The summed E-state index contributed by atoms with van der Waals surface area (Å²) < 4.78 is 5.30. The molecule has 3 heteroatoms. The first-order valence-electron chi connectivity index (χ1n) is 5.95. The molecule has 0 saturated heterocycles. The average Bonchev–Trinajstić information content (AvgIpc) is 2.28. The molecule has 0 aliphatic heterocycles. The van der Waals surface area contributed by atoms with Crippen LogP contribution in [-0.4, -0.2) is 11.6 Å². The third kappa shape index (κ3) is 3.89. The lowest BCUT2D eigenvalue weighted by Gasteiger charge is -2.26. The van der Waals surface area contributed by atoms with E-state index in [4.69, 9.17) is 4.74 Å². The van der Waals surface area contributed by atoms with Crippen molar-refractivity contribution in [3.05, 3.63) is 35.9 Å². The molecule has 3 nitrogen and oxygen atoms in total. The number of ether oxygens (including phenoxy) is 1. The van der Waals surface area contributed by atoms with E-state index < -0.39 is 17.0 Å². The Labute approximate surface area is 108 Å². The van der Waals surface area contributed by atoms with Crippen molar-refractivity contribution in [1.29, 1.82) is 5.26 Å². The highest BCUT2D eigenvalue weighted by molar-refractivity contribution is 5.80. The Morgan fingerprint density at radius 1 is 1.22 bits per heavy atom. The van der Waals surface area contributed by atoms with Crippen molar-refractivity contribution in [2.75, 3.05) is 0 Å². The van der Waals surface area contributed by atoms with Crippen LogP contribution in [0.4, 0.5) is 0 Å². The summed E-state index contributed by atoms with van der Waals surface area (Å²) in [5.41, 5.74) is -0.770. The van der Waals surface area contributed by atoms with E-state index in [1.54, 1.807) is 27.7 Å². The molecule has 0 radical (unpaired) electrons. The maximum absolute atomic E-state index is 12.1. The van der Waals surface area contributed by atoms with Crippen molar-refractivity contribution < 1.29 is 9.53 Å². The summed E-state index contributed by atoms with van der Waals surface area (Å²) in [6.07, 6.45) is 0.360. The number of benzene rings is 1. The first-order valence-corrected chi connectivity index (χ1v) is 5.95. The Hall–Kier alpha value is -1.82. The minimum absolute atomic E-state index is 0.360. The smallest absolute Gasteiger partial charge is 0.327 e. The number of esters is 1. The fourth-order valence-corrected chi connectivity index (χ4v) is 1.55. The van der Waals surface area contributed by atoms with Gasteiger partial charge in [-0.25, -0.2) is 0 Å². The molecule has 0 bridgehead atoms. The third-order valence-corrected chi connectivity index (χ3v) is 2.50. The van der Waals surface area contributed by atoms with Crippen molar-refractivity contribution >= 4 is 5.97 Å². The zero-order valence-electron chi connectivity index (χ0n) is 11.4. The number of carbonyl (C=O) groups excluding carboxylic acids is 1. The molecule has 0 spiro atoms. The summed E-state index contributed by atoms with van der Waals surface area (Å²) in [6.45, 7) is 7.01. The van der Waals surface area contributed by atoms with Gasteiger partial charge in [-0.05, 0) is 33.3 Å². The van der Waals surface area contributed by atoms with Crippen LogP contribution < -0.4 is 0 Å². The Bertz CT molecular complexity index is 454. The number of carbonyl (C=O) groups is 1. The highest BCUT2D eigenvalue weighted by Gasteiger charge is 2.37. The van der Waals surface area contributed by atoms with Crippen LogP contribution >= 0.6 is 0 Å². The van der Waals surface area contributed by atoms with Gasteiger partial charge in [-0.1, -0.05) is 30.3 Å². The number of hydrogen-bond donors (Lipinski definition) is 0. The van der Waals surface area contributed by atoms with E-state index in [1.807, 2.05) is 30.3 Å². The Kier molecular flexibility index (Phi) is 4.13. The fourth-order valence-electron chi connectivity index (χ4n) is 1.55. The summed E-state index contributed by atoms with van der Waals surface area (Å²) in [4.78, 5) is 12.1. The summed E-state index contributed by atoms with van der Waals surface area (Å²) in [7, 11) is 0. The maximum Gasteiger partial charge on any atom is 0.327 e. The maximum atomic E-state index is 12.1. The number of hydrogen-bond acceptors (Lipinski definition) is 3. The molecule has 18 heavy (non-hydrogen) atoms. The van der Waals surface area contributed by atoms with E-state index in [0.717, 1.165) is 5.56 Å². The molecule has 0 aliphatic carbocycles. The van der Waals surface area contributed by atoms with Crippen LogP contribution in [0.2, 0.25) is 0 Å². The first-order chi connectivity index (χ1) is 8.27. The lowest BCUT2D eigenvalue weighted by molar-refractivity contribution is -0.163. The van der Waals surface area contributed by atoms with Crippen LogP contribution in [0.15, 0.2) is 30.3 Å². The molecule has 96 valence electrons. The minimum atomic E-state index is -1.14. The Morgan fingerprint density at radius 3 is 2.22 bits per heavy atom.